The molecule has 2 rings (SSSR count). The van der Waals surface area contributed by atoms with Crippen LogP contribution in [0.25, 0.3) is 0 Å². The number of anilines is 1. The lowest BCUT2D eigenvalue weighted by Gasteiger charge is -2.06. The first-order valence-corrected chi connectivity index (χ1v) is 5.20. The highest BCUT2D eigenvalue weighted by molar-refractivity contribution is 5.87. The van der Waals surface area contributed by atoms with Gasteiger partial charge in [0.05, 0.1) is 5.56 Å². The van der Waals surface area contributed by atoms with Gasteiger partial charge in [-0.25, -0.2) is 9.78 Å². The maximum Gasteiger partial charge on any atom is 0.335 e. The second-order valence-electron chi connectivity index (χ2n) is 3.72. The molecule has 2 aromatic rings. The molecule has 0 amide bonds. The predicted molar refractivity (Wildman–Crippen MR) is 63.9 cm³/mol. The van der Waals surface area contributed by atoms with Crippen LogP contribution in [0, 0.1) is 0 Å². The van der Waals surface area contributed by atoms with Crippen molar-refractivity contribution >= 4 is 11.9 Å². The molecule has 0 saturated heterocycles. The minimum Gasteiger partial charge on any atom is -0.478 e. The first kappa shape index (κ1) is 11.2. The zero-order chi connectivity index (χ0) is 12.3. The number of imidazole rings is 1. The van der Waals surface area contributed by atoms with Gasteiger partial charge in [-0.2, -0.15) is 0 Å². The van der Waals surface area contributed by atoms with Crippen LogP contribution in [0.2, 0.25) is 0 Å². The van der Waals surface area contributed by atoms with Gasteiger partial charge < -0.3 is 15.0 Å². The van der Waals surface area contributed by atoms with Crippen molar-refractivity contribution < 1.29 is 9.90 Å². The minimum absolute atomic E-state index is 0.297. The predicted octanol–water partition coefficient (Wildman–Crippen LogP) is 1.73. The van der Waals surface area contributed by atoms with Crippen LogP contribution in [0.5, 0.6) is 0 Å². The summed E-state index contributed by atoms with van der Waals surface area (Å²) in [5.41, 5.74) is 1.31. The number of carboxylic acid groups (broad SMARTS) is 1. The van der Waals surface area contributed by atoms with Crippen molar-refractivity contribution in [2.75, 3.05) is 5.32 Å². The van der Waals surface area contributed by atoms with Gasteiger partial charge in [-0.1, -0.05) is 12.1 Å². The van der Waals surface area contributed by atoms with Crippen LogP contribution in [0.1, 0.15) is 15.9 Å². The first-order chi connectivity index (χ1) is 8.16. The fourth-order valence-corrected chi connectivity index (χ4v) is 1.48. The topological polar surface area (TPSA) is 67.2 Å². The van der Waals surface area contributed by atoms with E-state index in [0.29, 0.717) is 12.1 Å². The number of aryl methyl sites for hydroxylation is 1. The van der Waals surface area contributed by atoms with Crippen LogP contribution in [-0.4, -0.2) is 20.6 Å². The second-order valence-corrected chi connectivity index (χ2v) is 3.72. The molecule has 0 fully saturated rings. The number of hydrogen-bond donors (Lipinski definition) is 2. The standard InChI is InChI=1S/C12H13N3O2/c1-15-7-6-13-12(15)14-8-9-2-4-10(5-3-9)11(16)17/h2-7H,8H2,1H3,(H,13,14)(H,16,17). The summed E-state index contributed by atoms with van der Waals surface area (Å²) in [4.78, 5) is 14.8. The van der Waals surface area contributed by atoms with Crippen molar-refractivity contribution in [3.8, 4) is 0 Å². The molecule has 17 heavy (non-hydrogen) atoms. The molecule has 0 bridgehead atoms. The minimum atomic E-state index is -0.909. The molecule has 0 saturated carbocycles. The summed E-state index contributed by atoms with van der Waals surface area (Å²) in [5, 5.41) is 11.9. The number of aromatic nitrogens is 2. The lowest BCUT2D eigenvalue weighted by atomic mass is 10.1. The Morgan fingerprint density at radius 2 is 2.12 bits per heavy atom. The third-order valence-corrected chi connectivity index (χ3v) is 2.47. The average molecular weight is 231 g/mol. The summed E-state index contributed by atoms with van der Waals surface area (Å²) in [6.45, 7) is 0.616. The summed E-state index contributed by atoms with van der Waals surface area (Å²) in [6, 6.07) is 6.77. The van der Waals surface area contributed by atoms with Gasteiger partial charge in [-0.05, 0) is 17.7 Å². The van der Waals surface area contributed by atoms with Crippen molar-refractivity contribution in [2.24, 2.45) is 7.05 Å². The lowest BCUT2D eigenvalue weighted by molar-refractivity contribution is 0.0697. The maximum atomic E-state index is 10.7. The fourth-order valence-electron chi connectivity index (χ4n) is 1.48. The molecule has 0 aliphatic heterocycles. The van der Waals surface area contributed by atoms with Gasteiger partial charge in [-0.15, -0.1) is 0 Å². The monoisotopic (exact) mass is 231 g/mol. The Balaban J connectivity index is 2.00. The van der Waals surface area contributed by atoms with Gasteiger partial charge in [0.2, 0.25) is 5.95 Å². The Hall–Kier alpha value is -2.30. The molecule has 1 heterocycles. The molecule has 5 nitrogen and oxygen atoms in total. The molecule has 1 aromatic carbocycles. The fraction of sp³-hybridized carbons (Fsp3) is 0.167. The van der Waals surface area contributed by atoms with Crippen molar-refractivity contribution in [1.29, 1.82) is 0 Å². The van der Waals surface area contributed by atoms with Crippen molar-refractivity contribution in [3.05, 3.63) is 47.8 Å². The van der Waals surface area contributed by atoms with E-state index < -0.39 is 5.97 Å². The number of rotatable bonds is 4. The quantitative estimate of drug-likeness (QED) is 0.841. The number of nitrogens with one attached hydrogen (secondary N) is 1. The molecule has 1 aromatic heterocycles. The number of carboxylic acids is 1. The summed E-state index contributed by atoms with van der Waals surface area (Å²) >= 11 is 0. The highest BCUT2D eigenvalue weighted by Gasteiger charge is 2.02. The number of aromatic carboxylic acids is 1. The van der Waals surface area contributed by atoms with E-state index in [1.165, 1.54) is 0 Å². The Morgan fingerprint density at radius 1 is 1.41 bits per heavy atom. The van der Waals surface area contributed by atoms with Gasteiger partial charge in [0.25, 0.3) is 0 Å². The van der Waals surface area contributed by atoms with Crippen molar-refractivity contribution in [1.82, 2.24) is 9.55 Å². The average Bonchev–Trinajstić information content (AvgIpc) is 2.73. The van der Waals surface area contributed by atoms with Crippen LogP contribution in [0.15, 0.2) is 36.7 Å². The van der Waals surface area contributed by atoms with Crippen molar-refractivity contribution in [3.63, 3.8) is 0 Å². The molecule has 88 valence electrons. The van der Waals surface area contributed by atoms with Crippen LogP contribution in [0.4, 0.5) is 5.95 Å². The zero-order valence-electron chi connectivity index (χ0n) is 9.42. The van der Waals surface area contributed by atoms with Crippen LogP contribution < -0.4 is 5.32 Å². The lowest BCUT2D eigenvalue weighted by Crippen LogP contribution is -2.05. The number of benzene rings is 1. The maximum absolute atomic E-state index is 10.7. The first-order valence-electron chi connectivity index (χ1n) is 5.20. The third kappa shape index (κ3) is 2.63. The van der Waals surface area contributed by atoms with Gasteiger partial charge in [0.15, 0.2) is 0 Å². The largest absolute Gasteiger partial charge is 0.478 e. The van der Waals surface area contributed by atoms with E-state index in [1.54, 1.807) is 30.5 Å². The molecule has 0 atom stereocenters. The molecule has 5 heteroatoms. The molecule has 0 aliphatic rings. The van der Waals surface area contributed by atoms with E-state index in [2.05, 4.69) is 10.3 Å². The highest BCUT2D eigenvalue weighted by Crippen LogP contribution is 2.07. The molecule has 0 aliphatic carbocycles. The van der Waals surface area contributed by atoms with Gasteiger partial charge in [0.1, 0.15) is 0 Å². The molecule has 2 N–H and O–H groups in total. The van der Waals surface area contributed by atoms with Crippen LogP contribution in [0.3, 0.4) is 0 Å². The molecular formula is C12H13N3O2. The number of nitrogens with zero attached hydrogens (tertiary/aromatic N) is 2. The van der Waals surface area contributed by atoms with E-state index in [9.17, 15) is 4.79 Å². The van der Waals surface area contributed by atoms with Crippen LogP contribution >= 0.6 is 0 Å². The summed E-state index contributed by atoms with van der Waals surface area (Å²) in [5.74, 6) is -0.124. The normalized spacial score (nSPS) is 10.2. The van der Waals surface area contributed by atoms with Gasteiger partial charge >= 0.3 is 5.97 Å². The summed E-state index contributed by atoms with van der Waals surface area (Å²) in [6.07, 6.45) is 3.58. The molecular weight excluding hydrogens is 218 g/mol. The Labute approximate surface area is 98.7 Å². The van der Waals surface area contributed by atoms with E-state index in [4.69, 9.17) is 5.11 Å². The van der Waals surface area contributed by atoms with E-state index in [1.807, 2.05) is 17.8 Å². The van der Waals surface area contributed by atoms with E-state index in [-0.39, 0.29) is 0 Å². The number of hydrogen-bond acceptors (Lipinski definition) is 3. The van der Waals surface area contributed by atoms with Crippen molar-refractivity contribution in [2.45, 2.75) is 6.54 Å². The Morgan fingerprint density at radius 3 is 2.65 bits per heavy atom. The van der Waals surface area contributed by atoms with Crippen LogP contribution in [-0.2, 0) is 13.6 Å². The van der Waals surface area contributed by atoms with E-state index in [0.717, 1.165) is 11.5 Å². The Kier molecular flexibility index (Phi) is 3.09. The van der Waals surface area contributed by atoms with Gasteiger partial charge in [0, 0.05) is 26.0 Å². The smallest absolute Gasteiger partial charge is 0.335 e. The molecule has 0 unspecified atom stereocenters. The van der Waals surface area contributed by atoms with Gasteiger partial charge in [-0.3, -0.25) is 0 Å². The number of carbonyl (C=O) groups is 1. The highest BCUT2D eigenvalue weighted by atomic mass is 16.4. The molecule has 0 spiro atoms. The second kappa shape index (κ2) is 4.69. The SMILES string of the molecule is Cn1ccnc1NCc1ccc(C(=O)O)cc1. The van der Waals surface area contributed by atoms with E-state index >= 15 is 0 Å². The third-order valence-electron chi connectivity index (χ3n) is 2.47. The summed E-state index contributed by atoms with van der Waals surface area (Å²) < 4.78 is 1.88. The molecule has 0 radical (unpaired) electrons. The summed E-state index contributed by atoms with van der Waals surface area (Å²) in [7, 11) is 1.91. The zero-order valence-corrected chi connectivity index (χ0v) is 9.42. The Bertz CT molecular complexity index is 517.